The summed E-state index contributed by atoms with van der Waals surface area (Å²) < 4.78 is 0. The highest BCUT2D eigenvalue weighted by Crippen LogP contribution is 2.27. The Balaban J connectivity index is 2.52. The summed E-state index contributed by atoms with van der Waals surface area (Å²) in [6, 6.07) is 3.68. The maximum absolute atomic E-state index is 9.17. The van der Waals surface area contributed by atoms with Gasteiger partial charge in [0.1, 0.15) is 0 Å². The molecule has 1 aliphatic rings. The van der Waals surface area contributed by atoms with Gasteiger partial charge in [-0.05, 0) is 12.1 Å². The number of nitrogens with one attached hydrogen (secondary N) is 1. The van der Waals surface area contributed by atoms with E-state index in [2.05, 4.69) is 10.5 Å². The predicted molar refractivity (Wildman–Crippen MR) is 40.0 cm³/mol. The van der Waals surface area contributed by atoms with Crippen LogP contribution < -0.4 is 15.7 Å². The topological polar surface area (TPSA) is 51.6 Å². The van der Waals surface area contributed by atoms with Crippen LogP contribution in [0.2, 0.25) is 0 Å². The molecule has 0 spiro atoms. The number of pyridine rings is 1. The molecule has 2 rings (SSSR count). The highest BCUT2D eigenvalue weighted by molar-refractivity contribution is 5.68. The molecule has 0 aromatic carbocycles. The summed E-state index contributed by atoms with van der Waals surface area (Å²) in [4.78, 5) is 3.96. The molecule has 0 saturated heterocycles. The van der Waals surface area contributed by atoms with Crippen LogP contribution >= 0.6 is 0 Å². The van der Waals surface area contributed by atoms with Crippen molar-refractivity contribution < 1.29 is 5.21 Å². The van der Waals surface area contributed by atoms with Crippen molar-refractivity contribution in [1.82, 2.24) is 10.5 Å². The second kappa shape index (κ2) is 2.08. The summed E-state index contributed by atoms with van der Waals surface area (Å²) in [5.41, 5.74) is 3.50. The van der Waals surface area contributed by atoms with Crippen molar-refractivity contribution in [1.29, 1.82) is 0 Å². The summed E-state index contributed by atoms with van der Waals surface area (Å²) in [6.07, 6.45) is 1.63. The average Bonchev–Trinajstić information content (AvgIpc) is 2.30. The molecule has 0 aliphatic carbocycles. The largest absolute Gasteiger partial charge is 0.288 e. The standard InChI is InChI=1S/C6H8N4O/c1-9-5-3-2-4-7-6(5)10(11)8-9/h2-4,8,11H,1H3. The number of hydrogen-bond acceptors (Lipinski definition) is 5. The summed E-state index contributed by atoms with van der Waals surface area (Å²) in [7, 11) is 1.80. The minimum atomic E-state index is 0.523. The van der Waals surface area contributed by atoms with Crippen molar-refractivity contribution in [3.63, 3.8) is 0 Å². The summed E-state index contributed by atoms with van der Waals surface area (Å²) in [5.74, 6) is 0.523. The Bertz CT molecular complexity index is 250. The minimum Gasteiger partial charge on any atom is -0.288 e. The third-order valence-electron chi connectivity index (χ3n) is 1.57. The monoisotopic (exact) mass is 152 g/mol. The zero-order valence-corrected chi connectivity index (χ0v) is 6.02. The molecule has 0 fully saturated rings. The van der Waals surface area contributed by atoms with Gasteiger partial charge in [-0.3, -0.25) is 10.2 Å². The lowest BCUT2D eigenvalue weighted by molar-refractivity contribution is 0.218. The molecule has 0 unspecified atom stereocenters. The highest BCUT2D eigenvalue weighted by Gasteiger charge is 2.21. The van der Waals surface area contributed by atoms with Gasteiger partial charge in [-0.2, -0.15) is 0 Å². The Morgan fingerprint density at radius 3 is 3.18 bits per heavy atom. The van der Waals surface area contributed by atoms with E-state index >= 15 is 0 Å². The third-order valence-corrected chi connectivity index (χ3v) is 1.57. The minimum absolute atomic E-state index is 0.523. The fourth-order valence-electron chi connectivity index (χ4n) is 1.06. The number of nitrogens with zero attached hydrogens (tertiary/aromatic N) is 3. The fraction of sp³-hybridized carbons (Fsp3) is 0.167. The van der Waals surface area contributed by atoms with Crippen LogP contribution in [-0.2, 0) is 0 Å². The molecule has 58 valence electrons. The van der Waals surface area contributed by atoms with Crippen LogP contribution in [0.25, 0.3) is 0 Å². The van der Waals surface area contributed by atoms with E-state index in [-0.39, 0.29) is 0 Å². The molecule has 5 nitrogen and oxygen atoms in total. The van der Waals surface area contributed by atoms with E-state index < -0.39 is 0 Å². The highest BCUT2D eigenvalue weighted by atomic mass is 16.6. The van der Waals surface area contributed by atoms with Crippen molar-refractivity contribution in [3.8, 4) is 0 Å². The van der Waals surface area contributed by atoms with E-state index in [1.54, 1.807) is 18.3 Å². The predicted octanol–water partition coefficient (Wildman–Crippen LogP) is 0.147. The molecular formula is C6H8N4O. The van der Waals surface area contributed by atoms with Gasteiger partial charge in [0.15, 0.2) is 5.82 Å². The van der Waals surface area contributed by atoms with Gasteiger partial charge in [0.25, 0.3) is 0 Å². The molecule has 0 amide bonds. The number of hydrazine groups is 2. The maximum atomic E-state index is 9.17. The van der Waals surface area contributed by atoms with Gasteiger partial charge < -0.3 is 0 Å². The van der Waals surface area contributed by atoms with E-state index in [1.165, 1.54) is 0 Å². The van der Waals surface area contributed by atoms with Gasteiger partial charge >= 0.3 is 0 Å². The summed E-state index contributed by atoms with van der Waals surface area (Å²) >= 11 is 0. The lowest BCUT2D eigenvalue weighted by atomic mass is 10.4. The Kier molecular flexibility index (Phi) is 1.21. The fourth-order valence-corrected chi connectivity index (χ4v) is 1.06. The SMILES string of the molecule is CN1NN(O)c2ncccc21. The van der Waals surface area contributed by atoms with E-state index in [0.29, 0.717) is 5.82 Å². The molecule has 0 atom stereocenters. The molecule has 11 heavy (non-hydrogen) atoms. The Morgan fingerprint density at radius 2 is 2.45 bits per heavy atom. The lowest BCUT2D eigenvalue weighted by Crippen LogP contribution is -2.39. The maximum Gasteiger partial charge on any atom is 0.197 e. The zero-order chi connectivity index (χ0) is 7.84. The Hall–Kier alpha value is -1.33. The lowest BCUT2D eigenvalue weighted by Gasteiger charge is -2.11. The molecule has 5 heteroatoms. The molecule has 0 radical (unpaired) electrons. The second-order valence-corrected chi connectivity index (χ2v) is 2.32. The van der Waals surface area contributed by atoms with Crippen LogP contribution in [0.5, 0.6) is 0 Å². The third kappa shape index (κ3) is 0.821. The van der Waals surface area contributed by atoms with Crippen molar-refractivity contribution in [2.75, 3.05) is 17.2 Å². The van der Waals surface area contributed by atoms with E-state index in [1.807, 2.05) is 12.1 Å². The van der Waals surface area contributed by atoms with Crippen LogP contribution in [0.3, 0.4) is 0 Å². The number of fused-ring (bicyclic) bond motifs is 1. The second-order valence-electron chi connectivity index (χ2n) is 2.32. The normalized spacial score (nSPS) is 15.5. The average molecular weight is 152 g/mol. The number of anilines is 2. The molecule has 2 heterocycles. The van der Waals surface area contributed by atoms with Crippen molar-refractivity contribution in [3.05, 3.63) is 18.3 Å². The van der Waals surface area contributed by atoms with E-state index in [9.17, 15) is 0 Å². The molecule has 0 bridgehead atoms. The van der Waals surface area contributed by atoms with Crippen LogP contribution in [0.4, 0.5) is 11.5 Å². The molecule has 1 aliphatic heterocycles. The first-order chi connectivity index (χ1) is 5.29. The molecule has 0 saturated carbocycles. The van der Waals surface area contributed by atoms with Crippen LogP contribution in [0.1, 0.15) is 0 Å². The van der Waals surface area contributed by atoms with Gasteiger partial charge in [-0.1, -0.05) is 0 Å². The van der Waals surface area contributed by atoms with Gasteiger partial charge in [-0.15, -0.1) is 10.7 Å². The van der Waals surface area contributed by atoms with Gasteiger partial charge in [0.05, 0.1) is 5.69 Å². The van der Waals surface area contributed by atoms with Crippen molar-refractivity contribution >= 4 is 11.5 Å². The number of aromatic nitrogens is 1. The van der Waals surface area contributed by atoms with Crippen molar-refractivity contribution in [2.24, 2.45) is 0 Å². The van der Waals surface area contributed by atoms with Gasteiger partial charge in [0, 0.05) is 13.2 Å². The van der Waals surface area contributed by atoms with Crippen LogP contribution in [0, 0.1) is 0 Å². The van der Waals surface area contributed by atoms with Gasteiger partial charge in [0.2, 0.25) is 0 Å². The molecular weight excluding hydrogens is 144 g/mol. The van der Waals surface area contributed by atoms with E-state index in [4.69, 9.17) is 5.21 Å². The van der Waals surface area contributed by atoms with Crippen LogP contribution in [-0.4, -0.2) is 17.2 Å². The summed E-state index contributed by atoms with van der Waals surface area (Å²) in [5, 5.41) is 11.7. The number of rotatable bonds is 0. The molecule has 2 N–H and O–H groups in total. The zero-order valence-electron chi connectivity index (χ0n) is 6.02. The summed E-state index contributed by atoms with van der Waals surface area (Å²) in [6.45, 7) is 0. The smallest absolute Gasteiger partial charge is 0.197 e. The Morgan fingerprint density at radius 1 is 1.64 bits per heavy atom. The van der Waals surface area contributed by atoms with Crippen molar-refractivity contribution in [2.45, 2.75) is 0 Å². The quantitative estimate of drug-likeness (QED) is 0.554. The van der Waals surface area contributed by atoms with Gasteiger partial charge in [-0.25, -0.2) is 4.98 Å². The first kappa shape index (κ1) is 6.38. The number of hydrogen-bond donors (Lipinski definition) is 2. The molecule has 1 aromatic heterocycles. The molecule has 1 aromatic rings. The first-order valence-corrected chi connectivity index (χ1v) is 3.23. The Labute approximate surface area is 63.8 Å². The first-order valence-electron chi connectivity index (χ1n) is 3.23. The van der Waals surface area contributed by atoms with E-state index in [0.717, 1.165) is 10.9 Å². The van der Waals surface area contributed by atoms with Crippen LogP contribution in [0.15, 0.2) is 18.3 Å².